The van der Waals surface area contributed by atoms with Gasteiger partial charge >= 0.3 is 5.97 Å². The van der Waals surface area contributed by atoms with Crippen LogP contribution < -0.4 is 5.73 Å². The van der Waals surface area contributed by atoms with E-state index in [1.807, 2.05) is 0 Å². The van der Waals surface area contributed by atoms with Crippen molar-refractivity contribution in [3.8, 4) is 0 Å². The molecular weight excluding hydrogens is 170 g/mol. The highest BCUT2D eigenvalue weighted by atomic mass is 16.5. The molecular formula is C9H15NO3. The van der Waals surface area contributed by atoms with Gasteiger partial charge in [0.05, 0.1) is 18.6 Å². The minimum atomic E-state index is -0.646. The molecule has 0 radical (unpaired) electrons. The minimum absolute atomic E-state index is 0.0238. The topological polar surface area (TPSA) is 69.4 Å². The highest BCUT2D eigenvalue weighted by Gasteiger charge is 2.34. The summed E-state index contributed by atoms with van der Waals surface area (Å²) in [6.45, 7) is 2.09. The first-order chi connectivity index (χ1) is 6.16. The molecule has 0 heterocycles. The number of nitrogens with two attached hydrogens (primary N) is 1. The molecule has 2 atom stereocenters. The molecule has 13 heavy (non-hydrogen) atoms. The van der Waals surface area contributed by atoms with Gasteiger partial charge in [0.15, 0.2) is 0 Å². The second-order valence-electron chi connectivity index (χ2n) is 3.24. The molecule has 0 aromatic carbocycles. The van der Waals surface area contributed by atoms with Crippen molar-refractivity contribution in [1.82, 2.24) is 0 Å². The molecule has 4 heteroatoms. The first kappa shape index (κ1) is 10.2. The van der Waals surface area contributed by atoms with E-state index in [1.165, 1.54) is 0 Å². The zero-order chi connectivity index (χ0) is 9.84. The van der Waals surface area contributed by atoms with E-state index in [0.717, 1.165) is 6.42 Å². The Balaban J connectivity index is 2.57. The highest BCUT2D eigenvalue weighted by molar-refractivity contribution is 5.90. The summed E-state index contributed by atoms with van der Waals surface area (Å²) in [4.78, 5) is 22.5. The molecule has 1 saturated carbocycles. The lowest BCUT2D eigenvalue weighted by Crippen LogP contribution is -2.45. The maximum absolute atomic E-state index is 11.3. The molecule has 1 aliphatic rings. The molecule has 0 aromatic heterocycles. The van der Waals surface area contributed by atoms with Crippen LogP contribution in [0, 0.1) is 5.92 Å². The Morgan fingerprint density at radius 3 is 3.00 bits per heavy atom. The van der Waals surface area contributed by atoms with Crippen molar-refractivity contribution in [2.45, 2.75) is 32.2 Å². The molecule has 0 spiro atoms. The summed E-state index contributed by atoms with van der Waals surface area (Å²) in [5, 5.41) is 0. The summed E-state index contributed by atoms with van der Waals surface area (Å²) < 4.78 is 4.83. The van der Waals surface area contributed by atoms with Crippen LogP contribution in [0.4, 0.5) is 0 Å². The number of ketones is 1. The summed E-state index contributed by atoms with van der Waals surface area (Å²) in [5.41, 5.74) is 5.60. The standard InChI is InChI=1S/C9H15NO3/c1-2-13-9(12)6-4-3-5-7(11)8(6)10/h6,8H,2-5,10H2,1H3. The van der Waals surface area contributed by atoms with Gasteiger partial charge in [-0.2, -0.15) is 0 Å². The van der Waals surface area contributed by atoms with Crippen LogP contribution in [0.3, 0.4) is 0 Å². The predicted molar refractivity (Wildman–Crippen MR) is 47.0 cm³/mol. The first-order valence-electron chi connectivity index (χ1n) is 4.61. The van der Waals surface area contributed by atoms with Gasteiger partial charge in [-0.05, 0) is 19.8 Å². The number of rotatable bonds is 2. The third-order valence-electron chi connectivity index (χ3n) is 2.33. The summed E-state index contributed by atoms with van der Waals surface area (Å²) in [6, 6.07) is -0.646. The van der Waals surface area contributed by atoms with Gasteiger partial charge in [0, 0.05) is 6.42 Å². The Morgan fingerprint density at radius 1 is 1.69 bits per heavy atom. The normalized spacial score (nSPS) is 28.6. The van der Waals surface area contributed by atoms with Crippen LogP contribution in [0.1, 0.15) is 26.2 Å². The molecule has 74 valence electrons. The second kappa shape index (κ2) is 4.37. The predicted octanol–water partition coefficient (Wildman–Crippen LogP) is 0.246. The van der Waals surface area contributed by atoms with Gasteiger partial charge in [-0.25, -0.2) is 0 Å². The molecule has 0 amide bonds. The number of carbonyl (C=O) groups excluding carboxylic acids is 2. The van der Waals surface area contributed by atoms with E-state index >= 15 is 0 Å². The fourth-order valence-electron chi connectivity index (χ4n) is 1.58. The average molecular weight is 185 g/mol. The Labute approximate surface area is 77.4 Å². The SMILES string of the molecule is CCOC(=O)C1CCCC(=O)C1N. The maximum atomic E-state index is 11.3. The Kier molecular flexibility index (Phi) is 3.42. The number of ether oxygens (including phenoxy) is 1. The fraction of sp³-hybridized carbons (Fsp3) is 0.778. The lowest BCUT2D eigenvalue weighted by Gasteiger charge is -2.25. The van der Waals surface area contributed by atoms with Crippen molar-refractivity contribution in [1.29, 1.82) is 0 Å². The summed E-state index contributed by atoms with van der Waals surface area (Å²) in [6.07, 6.45) is 1.92. The molecule has 0 aliphatic heterocycles. The van der Waals surface area contributed by atoms with Crippen LogP contribution in [-0.4, -0.2) is 24.4 Å². The largest absolute Gasteiger partial charge is 0.466 e. The van der Waals surface area contributed by atoms with Crippen molar-refractivity contribution in [3.63, 3.8) is 0 Å². The van der Waals surface area contributed by atoms with Crippen molar-refractivity contribution >= 4 is 11.8 Å². The average Bonchev–Trinajstić information content (AvgIpc) is 2.10. The van der Waals surface area contributed by atoms with Gasteiger partial charge in [0.2, 0.25) is 0 Å². The van der Waals surface area contributed by atoms with Crippen LogP contribution in [0.5, 0.6) is 0 Å². The molecule has 1 fully saturated rings. The summed E-state index contributed by atoms with van der Waals surface area (Å²) >= 11 is 0. The Morgan fingerprint density at radius 2 is 2.38 bits per heavy atom. The number of esters is 1. The maximum Gasteiger partial charge on any atom is 0.310 e. The van der Waals surface area contributed by atoms with Crippen LogP contribution in [0.15, 0.2) is 0 Å². The van der Waals surface area contributed by atoms with Crippen molar-refractivity contribution in [3.05, 3.63) is 0 Å². The molecule has 2 N–H and O–H groups in total. The third kappa shape index (κ3) is 2.28. The van der Waals surface area contributed by atoms with E-state index in [9.17, 15) is 9.59 Å². The van der Waals surface area contributed by atoms with Gasteiger partial charge in [-0.1, -0.05) is 0 Å². The molecule has 0 aromatic rings. The van der Waals surface area contributed by atoms with Gasteiger partial charge < -0.3 is 10.5 Å². The number of hydrogen-bond donors (Lipinski definition) is 1. The number of Topliss-reactive ketones (excluding diaryl/α,β-unsaturated/α-hetero) is 1. The van der Waals surface area contributed by atoms with E-state index in [2.05, 4.69) is 0 Å². The van der Waals surface area contributed by atoms with E-state index < -0.39 is 12.0 Å². The second-order valence-corrected chi connectivity index (χ2v) is 3.24. The number of hydrogen-bond acceptors (Lipinski definition) is 4. The van der Waals surface area contributed by atoms with Gasteiger partial charge in [0.25, 0.3) is 0 Å². The quantitative estimate of drug-likeness (QED) is 0.626. The third-order valence-corrected chi connectivity index (χ3v) is 2.33. The van der Waals surface area contributed by atoms with E-state index in [1.54, 1.807) is 6.92 Å². The van der Waals surface area contributed by atoms with Crippen molar-refractivity contribution in [2.75, 3.05) is 6.61 Å². The molecule has 1 aliphatic carbocycles. The summed E-state index contributed by atoms with van der Waals surface area (Å²) in [7, 11) is 0. The lowest BCUT2D eigenvalue weighted by molar-refractivity contribution is -0.151. The van der Waals surface area contributed by atoms with Gasteiger partial charge in [0.1, 0.15) is 5.78 Å². The molecule has 0 bridgehead atoms. The van der Waals surface area contributed by atoms with Crippen LogP contribution >= 0.6 is 0 Å². The smallest absolute Gasteiger partial charge is 0.310 e. The van der Waals surface area contributed by atoms with Gasteiger partial charge in [-0.3, -0.25) is 9.59 Å². The molecule has 4 nitrogen and oxygen atoms in total. The zero-order valence-corrected chi connectivity index (χ0v) is 7.79. The van der Waals surface area contributed by atoms with Gasteiger partial charge in [-0.15, -0.1) is 0 Å². The Bertz CT molecular complexity index is 215. The monoisotopic (exact) mass is 185 g/mol. The summed E-state index contributed by atoms with van der Waals surface area (Å²) in [5.74, 6) is -0.770. The van der Waals surface area contributed by atoms with Crippen molar-refractivity contribution < 1.29 is 14.3 Å². The Hall–Kier alpha value is -0.900. The van der Waals surface area contributed by atoms with Crippen LogP contribution in [0.25, 0.3) is 0 Å². The number of carbonyl (C=O) groups is 2. The van der Waals surface area contributed by atoms with E-state index in [0.29, 0.717) is 19.4 Å². The lowest BCUT2D eigenvalue weighted by atomic mass is 9.84. The van der Waals surface area contributed by atoms with E-state index in [-0.39, 0.29) is 11.8 Å². The molecule has 0 saturated heterocycles. The molecule has 2 unspecified atom stereocenters. The van der Waals surface area contributed by atoms with E-state index in [4.69, 9.17) is 10.5 Å². The zero-order valence-electron chi connectivity index (χ0n) is 7.79. The minimum Gasteiger partial charge on any atom is -0.466 e. The first-order valence-corrected chi connectivity index (χ1v) is 4.61. The van der Waals surface area contributed by atoms with Crippen LogP contribution in [-0.2, 0) is 14.3 Å². The van der Waals surface area contributed by atoms with Crippen molar-refractivity contribution in [2.24, 2.45) is 11.7 Å². The van der Waals surface area contributed by atoms with Crippen LogP contribution in [0.2, 0.25) is 0 Å². The fourth-order valence-corrected chi connectivity index (χ4v) is 1.58. The highest BCUT2D eigenvalue weighted by Crippen LogP contribution is 2.21. The molecule has 1 rings (SSSR count).